The molecule has 1 saturated heterocycles. The lowest BCUT2D eigenvalue weighted by atomic mass is 9.99. The molecule has 1 aromatic rings. The molecule has 1 aliphatic heterocycles. The van der Waals surface area contributed by atoms with Crippen molar-refractivity contribution in [3.05, 3.63) is 35.9 Å². The van der Waals surface area contributed by atoms with Crippen LogP contribution in [0.3, 0.4) is 0 Å². The quantitative estimate of drug-likeness (QED) is 0.927. The molecule has 2 N–H and O–H groups in total. The standard InChI is InChI=1S/C19H29N3O/c1-21(19(23)16-7-8-17(20)13-16)18-9-11-22(12-10-18)14-15-5-3-2-4-6-15/h2-6,16-18H,7-14,20H2,1H3. The first kappa shape index (κ1) is 16.5. The van der Waals surface area contributed by atoms with Crippen LogP contribution in [0.25, 0.3) is 0 Å². The van der Waals surface area contributed by atoms with Gasteiger partial charge in [0.2, 0.25) is 5.91 Å². The molecule has 4 nitrogen and oxygen atoms in total. The first-order valence-corrected chi connectivity index (χ1v) is 8.92. The smallest absolute Gasteiger partial charge is 0.225 e. The van der Waals surface area contributed by atoms with Gasteiger partial charge in [-0.2, -0.15) is 0 Å². The molecular formula is C19H29N3O. The van der Waals surface area contributed by atoms with Gasteiger partial charge in [-0.3, -0.25) is 9.69 Å². The number of hydrogen-bond donors (Lipinski definition) is 1. The zero-order valence-electron chi connectivity index (χ0n) is 14.2. The van der Waals surface area contributed by atoms with Crippen molar-refractivity contribution in [2.24, 2.45) is 11.7 Å². The Kier molecular flexibility index (Phi) is 5.34. The number of hydrogen-bond acceptors (Lipinski definition) is 3. The van der Waals surface area contributed by atoms with E-state index >= 15 is 0 Å². The summed E-state index contributed by atoms with van der Waals surface area (Å²) in [5, 5.41) is 0. The summed E-state index contributed by atoms with van der Waals surface area (Å²) in [5.74, 6) is 0.483. The van der Waals surface area contributed by atoms with Crippen LogP contribution < -0.4 is 5.73 Å². The number of nitrogens with two attached hydrogens (primary N) is 1. The number of benzene rings is 1. The van der Waals surface area contributed by atoms with Gasteiger partial charge in [0.25, 0.3) is 0 Å². The van der Waals surface area contributed by atoms with E-state index < -0.39 is 0 Å². The second-order valence-electron chi connectivity index (χ2n) is 7.21. The maximum atomic E-state index is 12.6. The van der Waals surface area contributed by atoms with E-state index in [9.17, 15) is 4.79 Å². The molecule has 23 heavy (non-hydrogen) atoms. The fourth-order valence-corrected chi connectivity index (χ4v) is 4.01. The first-order chi connectivity index (χ1) is 11.1. The Balaban J connectivity index is 1.47. The molecule has 1 aliphatic carbocycles. The van der Waals surface area contributed by atoms with E-state index in [1.807, 2.05) is 11.9 Å². The Morgan fingerprint density at radius 2 is 1.87 bits per heavy atom. The summed E-state index contributed by atoms with van der Waals surface area (Å²) in [7, 11) is 1.99. The Morgan fingerprint density at radius 1 is 1.17 bits per heavy atom. The molecule has 3 rings (SSSR count). The highest BCUT2D eigenvalue weighted by Crippen LogP contribution is 2.27. The molecule has 0 aromatic heterocycles. The molecule has 1 heterocycles. The molecule has 126 valence electrons. The van der Waals surface area contributed by atoms with Gasteiger partial charge in [0.05, 0.1) is 0 Å². The summed E-state index contributed by atoms with van der Waals surface area (Å²) in [4.78, 5) is 17.1. The predicted octanol–water partition coefficient (Wildman–Crippen LogP) is 2.24. The summed E-state index contributed by atoms with van der Waals surface area (Å²) < 4.78 is 0. The lowest BCUT2D eigenvalue weighted by Gasteiger charge is -2.37. The fraction of sp³-hybridized carbons (Fsp3) is 0.632. The summed E-state index contributed by atoms with van der Waals surface area (Å²) in [6, 6.07) is 11.2. The minimum absolute atomic E-state index is 0.164. The van der Waals surface area contributed by atoms with E-state index in [-0.39, 0.29) is 12.0 Å². The maximum Gasteiger partial charge on any atom is 0.225 e. The van der Waals surface area contributed by atoms with Crippen LogP contribution in [0.1, 0.15) is 37.7 Å². The van der Waals surface area contributed by atoms with Gasteiger partial charge in [-0.05, 0) is 37.7 Å². The molecule has 1 aromatic carbocycles. The zero-order valence-corrected chi connectivity index (χ0v) is 14.2. The van der Waals surface area contributed by atoms with Crippen LogP contribution in [-0.2, 0) is 11.3 Å². The van der Waals surface area contributed by atoms with Crippen LogP contribution in [0.15, 0.2) is 30.3 Å². The van der Waals surface area contributed by atoms with Crippen molar-refractivity contribution in [2.75, 3.05) is 20.1 Å². The lowest BCUT2D eigenvalue weighted by Crippen LogP contribution is -2.47. The Labute approximate surface area is 139 Å². The number of rotatable bonds is 4. The number of amides is 1. The van der Waals surface area contributed by atoms with Crippen molar-refractivity contribution < 1.29 is 4.79 Å². The van der Waals surface area contributed by atoms with Crippen molar-refractivity contribution in [2.45, 2.75) is 50.7 Å². The molecular weight excluding hydrogens is 286 g/mol. The molecule has 1 saturated carbocycles. The van der Waals surface area contributed by atoms with Crippen molar-refractivity contribution in [3.8, 4) is 0 Å². The van der Waals surface area contributed by atoms with Crippen LogP contribution >= 0.6 is 0 Å². The predicted molar refractivity (Wildman–Crippen MR) is 92.8 cm³/mol. The average Bonchev–Trinajstić information content (AvgIpc) is 3.02. The average molecular weight is 315 g/mol. The lowest BCUT2D eigenvalue weighted by molar-refractivity contribution is -0.137. The Morgan fingerprint density at radius 3 is 2.48 bits per heavy atom. The van der Waals surface area contributed by atoms with Crippen LogP contribution in [0.4, 0.5) is 0 Å². The maximum absolute atomic E-state index is 12.6. The summed E-state index contributed by atoms with van der Waals surface area (Å²) in [5.41, 5.74) is 7.33. The molecule has 2 atom stereocenters. The van der Waals surface area contributed by atoms with Gasteiger partial charge in [-0.1, -0.05) is 30.3 Å². The molecule has 2 fully saturated rings. The summed E-state index contributed by atoms with van der Waals surface area (Å²) in [6.07, 6.45) is 4.99. The largest absolute Gasteiger partial charge is 0.342 e. The topological polar surface area (TPSA) is 49.6 Å². The van der Waals surface area contributed by atoms with E-state index in [4.69, 9.17) is 5.73 Å². The normalized spacial score (nSPS) is 26.3. The van der Waals surface area contributed by atoms with Crippen molar-refractivity contribution >= 4 is 5.91 Å². The molecule has 2 aliphatic rings. The van der Waals surface area contributed by atoms with E-state index in [1.165, 1.54) is 5.56 Å². The highest BCUT2D eigenvalue weighted by Gasteiger charge is 2.33. The zero-order chi connectivity index (χ0) is 16.2. The minimum atomic E-state index is 0.164. The van der Waals surface area contributed by atoms with Crippen molar-refractivity contribution in [3.63, 3.8) is 0 Å². The van der Waals surface area contributed by atoms with Gasteiger partial charge < -0.3 is 10.6 Å². The third kappa shape index (κ3) is 4.12. The van der Waals surface area contributed by atoms with Crippen LogP contribution in [0, 0.1) is 5.92 Å². The monoisotopic (exact) mass is 315 g/mol. The third-order valence-corrected chi connectivity index (χ3v) is 5.52. The van der Waals surface area contributed by atoms with Gasteiger partial charge >= 0.3 is 0 Å². The number of carbonyl (C=O) groups is 1. The van der Waals surface area contributed by atoms with Crippen LogP contribution in [0.5, 0.6) is 0 Å². The van der Waals surface area contributed by atoms with E-state index in [0.29, 0.717) is 11.9 Å². The van der Waals surface area contributed by atoms with Gasteiger partial charge in [-0.15, -0.1) is 0 Å². The molecule has 0 bridgehead atoms. The van der Waals surface area contributed by atoms with E-state index in [0.717, 1.165) is 51.7 Å². The van der Waals surface area contributed by atoms with Crippen LogP contribution in [-0.4, -0.2) is 47.9 Å². The van der Waals surface area contributed by atoms with E-state index in [1.54, 1.807) is 0 Å². The summed E-state index contributed by atoms with van der Waals surface area (Å²) >= 11 is 0. The summed E-state index contributed by atoms with van der Waals surface area (Å²) in [6.45, 7) is 3.16. The minimum Gasteiger partial charge on any atom is -0.342 e. The number of carbonyl (C=O) groups excluding carboxylic acids is 1. The highest BCUT2D eigenvalue weighted by atomic mass is 16.2. The second kappa shape index (κ2) is 7.45. The van der Waals surface area contributed by atoms with Gasteiger partial charge in [-0.25, -0.2) is 0 Å². The fourth-order valence-electron chi connectivity index (χ4n) is 4.01. The molecule has 0 radical (unpaired) electrons. The number of piperidine rings is 1. The molecule has 4 heteroatoms. The second-order valence-corrected chi connectivity index (χ2v) is 7.21. The number of nitrogens with zero attached hydrogens (tertiary/aromatic N) is 2. The number of likely N-dealkylation sites (tertiary alicyclic amines) is 1. The van der Waals surface area contributed by atoms with Crippen molar-refractivity contribution in [1.82, 2.24) is 9.80 Å². The third-order valence-electron chi connectivity index (χ3n) is 5.52. The molecule has 0 spiro atoms. The molecule has 2 unspecified atom stereocenters. The van der Waals surface area contributed by atoms with E-state index in [2.05, 4.69) is 35.2 Å². The van der Waals surface area contributed by atoms with Crippen molar-refractivity contribution in [1.29, 1.82) is 0 Å². The Hall–Kier alpha value is -1.39. The van der Waals surface area contributed by atoms with Gasteiger partial charge in [0.1, 0.15) is 0 Å². The first-order valence-electron chi connectivity index (χ1n) is 8.92. The van der Waals surface area contributed by atoms with Gasteiger partial charge in [0, 0.05) is 44.7 Å². The molecule has 1 amide bonds. The Bertz CT molecular complexity index is 511. The van der Waals surface area contributed by atoms with Gasteiger partial charge in [0.15, 0.2) is 0 Å². The van der Waals surface area contributed by atoms with Crippen LogP contribution in [0.2, 0.25) is 0 Å². The SMILES string of the molecule is CN(C(=O)C1CCC(N)C1)C1CCN(Cc2ccccc2)CC1. The highest BCUT2D eigenvalue weighted by molar-refractivity contribution is 5.79.